The second-order valence-electron chi connectivity index (χ2n) is 16.1. The van der Waals surface area contributed by atoms with Crippen molar-refractivity contribution in [2.45, 2.75) is 50.1 Å². The van der Waals surface area contributed by atoms with Crippen molar-refractivity contribution < 1.29 is 33.4 Å². The van der Waals surface area contributed by atoms with Crippen molar-refractivity contribution in [2.75, 3.05) is 69.3 Å². The Hall–Kier alpha value is -5.62. The lowest BCUT2D eigenvalue weighted by Crippen LogP contribution is -2.52. The third-order valence-electron chi connectivity index (χ3n) is 12.7. The van der Waals surface area contributed by atoms with E-state index in [2.05, 4.69) is 38.2 Å². The highest BCUT2D eigenvalue weighted by Gasteiger charge is 2.40. The summed E-state index contributed by atoms with van der Waals surface area (Å²) in [7, 11) is 1.65. The second kappa shape index (κ2) is 15.4. The molecule has 9 rings (SSSR count). The quantitative estimate of drug-likeness (QED) is 0.220. The number of hydrogen-bond acceptors (Lipinski definition) is 9. The van der Waals surface area contributed by atoms with Gasteiger partial charge in [0.05, 0.1) is 19.4 Å². The Balaban J connectivity index is 0.802. The molecule has 296 valence electrons. The molecule has 0 radical (unpaired) electrons. The van der Waals surface area contributed by atoms with E-state index < -0.39 is 11.9 Å². The van der Waals surface area contributed by atoms with E-state index in [1.807, 2.05) is 42.5 Å². The van der Waals surface area contributed by atoms with Crippen LogP contribution in [0.4, 0.5) is 15.8 Å². The van der Waals surface area contributed by atoms with Crippen molar-refractivity contribution in [1.82, 2.24) is 15.1 Å². The van der Waals surface area contributed by atoms with Gasteiger partial charge in [-0.05, 0) is 90.4 Å². The summed E-state index contributed by atoms with van der Waals surface area (Å²) < 4.78 is 27.8. The van der Waals surface area contributed by atoms with E-state index in [1.165, 1.54) is 0 Å². The number of piperazine rings is 1. The van der Waals surface area contributed by atoms with Crippen LogP contribution in [0.15, 0.2) is 78.9 Å². The first-order valence-corrected chi connectivity index (χ1v) is 20.1. The predicted octanol–water partition coefficient (Wildman–Crippen LogP) is 5.65. The number of phenolic OH excluding ortho intramolecular Hbond substituents is 1. The molecule has 3 fully saturated rings. The van der Waals surface area contributed by atoms with Gasteiger partial charge in [0.1, 0.15) is 29.1 Å². The fourth-order valence-corrected chi connectivity index (χ4v) is 9.61. The minimum Gasteiger partial charge on any atom is -0.508 e. The van der Waals surface area contributed by atoms with Crippen LogP contribution in [0.25, 0.3) is 0 Å². The molecule has 57 heavy (non-hydrogen) atoms. The summed E-state index contributed by atoms with van der Waals surface area (Å²) in [5.41, 5.74) is 6.12. The number of fused-ring (bicyclic) bond motifs is 2. The lowest BCUT2D eigenvalue weighted by Gasteiger charge is -2.40. The van der Waals surface area contributed by atoms with E-state index in [0.717, 1.165) is 92.3 Å². The van der Waals surface area contributed by atoms with Gasteiger partial charge in [0.25, 0.3) is 5.91 Å². The van der Waals surface area contributed by atoms with Crippen LogP contribution in [0, 0.1) is 11.7 Å². The zero-order valence-electron chi connectivity index (χ0n) is 32.2. The lowest BCUT2D eigenvalue weighted by molar-refractivity contribution is -0.136. The Morgan fingerprint density at radius 3 is 2.46 bits per heavy atom. The number of hydrogen-bond donors (Lipinski definition) is 2. The van der Waals surface area contributed by atoms with E-state index in [4.69, 9.17) is 9.47 Å². The van der Waals surface area contributed by atoms with Gasteiger partial charge in [-0.1, -0.05) is 24.3 Å². The van der Waals surface area contributed by atoms with Gasteiger partial charge in [0.2, 0.25) is 11.8 Å². The maximum atomic E-state index is 16.2. The van der Waals surface area contributed by atoms with Gasteiger partial charge in [-0.25, -0.2) is 4.39 Å². The first kappa shape index (κ1) is 37.0. The number of anilines is 2. The largest absolute Gasteiger partial charge is 0.508 e. The number of aromatic hydroxyl groups is 1. The molecule has 5 aliphatic rings. The summed E-state index contributed by atoms with van der Waals surface area (Å²) >= 11 is 0. The monoisotopic (exact) mass is 773 g/mol. The van der Waals surface area contributed by atoms with Gasteiger partial charge in [0.15, 0.2) is 0 Å². The summed E-state index contributed by atoms with van der Waals surface area (Å²) in [4.78, 5) is 45.9. The van der Waals surface area contributed by atoms with E-state index in [9.17, 15) is 19.5 Å². The molecule has 4 aromatic carbocycles. The highest BCUT2D eigenvalue weighted by atomic mass is 19.1. The van der Waals surface area contributed by atoms with Crippen molar-refractivity contribution in [3.05, 3.63) is 112 Å². The van der Waals surface area contributed by atoms with Gasteiger partial charge in [-0.3, -0.25) is 24.6 Å². The van der Waals surface area contributed by atoms with E-state index in [-0.39, 0.29) is 41.6 Å². The number of nitrogens with zero attached hydrogens (tertiary/aromatic N) is 4. The summed E-state index contributed by atoms with van der Waals surface area (Å²) in [5.74, 6) is 0.760. The number of phenols is 1. The topological polar surface area (TPSA) is 115 Å². The number of rotatable bonds is 8. The number of benzene rings is 4. The maximum absolute atomic E-state index is 16.2. The van der Waals surface area contributed by atoms with Crippen LogP contribution in [0.1, 0.15) is 70.1 Å². The molecule has 0 saturated carbocycles. The smallest absolute Gasteiger partial charge is 0.255 e. The second-order valence-corrected chi connectivity index (χ2v) is 16.1. The number of carbonyl (C=O) groups excluding carboxylic acids is 3. The number of nitrogens with one attached hydrogen (secondary N) is 1. The van der Waals surface area contributed by atoms with Crippen LogP contribution in [0.5, 0.6) is 17.2 Å². The van der Waals surface area contributed by atoms with E-state index in [0.29, 0.717) is 42.5 Å². The molecular formula is C45H48FN5O6. The highest BCUT2D eigenvalue weighted by Crippen LogP contribution is 2.48. The zero-order valence-corrected chi connectivity index (χ0v) is 32.2. The van der Waals surface area contributed by atoms with Gasteiger partial charge in [0, 0.05) is 93.5 Å². The molecule has 5 heterocycles. The Kier molecular flexibility index (Phi) is 9.98. The fourth-order valence-electron chi connectivity index (χ4n) is 9.61. The SMILES string of the molecule is COc1cccc([C@@H]2COc3cc(O)ccc3[C@@H]2c2ccc(N3CCC(CN4CCN(c5ccc6c(c5)CN([C@H]5CCC(=O)NC5=O)C6=O)CC4)CC3)c(F)c2)c1. The molecule has 0 aromatic heterocycles. The molecule has 11 nitrogen and oxygen atoms in total. The third-order valence-corrected chi connectivity index (χ3v) is 12.7. The first-order chi connectivity index (χ1) is 27.7. The zero-order chi connectivity index (χ0) is 39.2. The third kappa shape index (κ3) is 7.27. The number of amides is 3. The van der Waals surface area contributed by atoms with E-state index >= 15 is 4.39 Å². The Morgan fingerprint density at radius 1 is 0.860 bits per heavy atom. The minimum absolute atomic E-state index is 0.0723. The maximum Gasteiger partial charge on any atom is 0.255 e. The molecule has 5 aliphatic heterocycles. The summed E-state index contributed by atoms with van der Waals surface area (Å²) in [6.07, 6.45) is 2.60. The molecule has 2 N–H and O–H groups in total. The number of halogens is 1. The summed E-state index contributed by atoms with van der Waals surface area (Å²) in [6, 6.07) is 24.2. The van der Waals surface area contributed by atoms with Crippen LogP contribution in [0.2, 0.25) is 0 Å². The molecule has 12 heteroatoms. The summed E-state index contributed by atoms with van der Waals surface area (Å²) in [6.45, 7) is 7.06. The number of ether oxygens (including phenoxy) is 2. The Labute approximate surface area is 331 Å². The molecule has 0 spiro atoms. The van der Waals surface area contributed by atoms with Crippen molar-refractivity contribution >= 4 is 29.1 Å². The lowest BCUT2D eigenvalue weighted by atomic mass is 9.75. The molecule has 0 bridgehead atoms. The number of methoxy groups -OCH3 is 1. The van der Waals surface area contributed by atoms with Crippen LogP contribution in [-0.2, 0) is 16.1 Å². The van der Waals surface area contributed by atoms with Gasteiger partial charge >= 0.3 is 0 Å². The van der Waals surface area contributed by atoms with E-state index in [1.54, 1.807) is 30.2 Å². The Bertz CT molecular complexity index is 2200. The minimum atomic E-state index is -0.612. The fraction of sp³-hybridized carbons (Fsp3) is 0.400. The Morgan fingerprint density at radius 2 is 1.68 bits per heavy atom. The van der Waals surface area contributed by atoms with Crippen molar-refractivity contribution in [1.29, 1.82) is 0 Å². The normalized spacial score (nSPS) is 22.9. The average Bonchev–Trinajstić information content (AvgIpc) is 3.55. The van der Waals surface area contributed by atoms with Crippen molar-refractivity contribution in [2.24, 2.45) is 5.92 Å². The van der Waals surface area contributed by atoms with Gasteiger partial charge in [-0.15, -0.1) is 0 Å². The molecule has 4 aromatic rings. The number of carbonyl (C=O) groups is 3. The summed E-state index contributed by atoms with van der Waals surface area (Å²) in [5, 5.41) is 12.5. The molecule has 3 saturated heterocycles. The van der Waals surface area contributed by atoms with Gasteiger partial charge < -0.3 is 29.3 Å². The predicted molar refractivity (Wildman–Crippen MR) is 214 cm³/mol. The van der Waals surface area contributed by atoms with Crippen LogP contribution < -0.4 is 24.6 Å². The van der Waals surface area contributed by atoms with Crippen molar-refractivity contribution in [3.8, 4) is 17.2 Å². The van der Waals surface area contributed by atoms with Gasteiger partial charge in [-0.2, -0.15) is 0 Å². The average molecular weight is 774 g/mol. The standard InChI is InChI=1S/C45H48FN5O6/c1-56-34-4-2-3-29(22-34)37-27-57-41-24-33(52)7-9-36(41)43(37)30-5-10-39(38(46)23-30)50-15-13-28(14-16-50)25-48-17-19-49(20-18-48)32-6-8-35-31(21-32)26-51(45(35)55)40-11-12-42(53)47-44(40)54/h2-10,21-24,28,37,40,43,52H,11-20,25-27H2,1H3,(H,47,53,54)/t37-,40-,43-/m0/s1. The molecular weight excluding hydrogens is 726 g/mol. The molecule has 0 aliphatic carbocycles. The molecule has 3 atom stereocenters. The van der Waals surface area contributed by atoms with Crippen LogP contribution >= 0.6 is 0 Å². The van der Waals surface area contributed by atoms with Crippen molar-refractivity contribution in [3.63, 3.8) is 0 Å². The number of imide groups is 1. The molecule has 0 unspecified atom stereocenters. The first-order valence-electron chi connectivity index (χ1n) is 20.1. The number of piperidine rings is 2. The van der Waals surface area contributed by atoms with Crippen LogP contribution in [-0.4, -0.2) is 98.2 Å². The molecule has 3 amide bonds. The van der Waals surface area contributed by atoms with Crippen LogP contribution in [0.3, 0.4) is 0 Å². The highest BCUT2D eigenvalue weighted by molar-refractivity contribution is 6.05.